The first kappa shape index (κ1) is 14.5. The highest BCUT2D eigenvalue weighted by molar-refractivity contribution is 5.26. The highest BCUT2D eigenvalue weighted by Crippen LogP contribution is 2.82. The molecule has 0 aliphatic heterocycles. The normalized spacial score (nSPS) is 61.4. The van der Waals surface area contributed by atoms with E-state index in [1.165, 1.54) is 51.4 Å². The summed E-state index contributed by atoms with van der Waals surface area (Å²) in [7, 11) is 0. The Hall–Kier alpha value is -0.0400. The molecule has 4 aliphatic carbocycles. The van der Waals surface area contributed by atoms with Gasteiger partial charge in [0, 0.05) is 5.41 Å². The van der Waals surface area contributed by atoms with E-state index in [9.17, 15) is 5.11 Å². The third-order valence-corrected chi connectivity index (χ3v) is 9.46. The molecule has 1 spiro atoms. The van der Waals surface area contributed by atoms with Crippen LogP contribution in [-0.4, -0.2) is 11.2 Å². The topological polar surface area (TPSA) is 20.2 Å². The molecule has 4 aliphatic rings. The van der Waals surface area contributed by atoms with Crippen LogP contribution in [0.3, 0.4) is 0 Å². The van der Waals surface area contributed by atoms with Crippen molar-refractivity contribution < 1.29 is 5.11 Å². The first-order valence-corrected chi connectivity index (χ1v) is 9.30. The number of fused-ring (bicyclic) bond motifs is 2. The molecule has 0 saturated heterocycles. The number of hydrogen-bond acceptors (Lipinski definition) is 1. The predicted molar refractivity (Wildman–Crippen MR) is 87.0 cm³/mol. The minimum absolute atomic E-state index is 0.0680. The van der Waals surface area contributed by atoms with Crippen molar-refractivity contribution in [1.82, 2.24) is 0 Å². The van der Waals surface area contributed by atoms with Crippen molar-refractivity contribution in [2.45, 2.75) is 92.1 Å². The lowest BCUT2D eigenvalue weighted by Gasteiger charge is -2.68. The molecule has 0 amide bonds. The zero-order chi connectivity index (χ0) is 15.3. The molecule has 4 rings (SSSR count). The van der Waals surface area contributed by atoms with Crippen molar-refractivity contribution in [1.29, 1.82) is 0 Å². The molecule has 4 saturated carbocycles. The van der Waals surface area contributed by atoms with E-state index < -0.39 is 0 Å². The average Bonchev–Trinajstić information content (AvgIpc) is 2.82. The summed E-state index contributed by atoms with van der Waals surface area (Å²) in [5, 5.41) is 11.2. The minimum atomic E-state index is -0.0680. The van der Waals surface area contributed by atoms with Gasteiger partial charge in [0.25, 0.3) is 0 Å². The van der Waals surface area contributed by atoms with Gasteiger partial charge in [0.15, 0.2) is 0 Å². The molecule has 1 nitrogen and oxygen atoms in total. The summed E-state index contributed by atoms with van der Waals surface area (Å²) >= 11 is 0. The van der Waals surface area contributed by atoms with Gasteiger partial charge in [-0.3, -0.25) is 0 Å². The van der Waals surface area contributed by atoms with E-state index in [1.54, 1.807) is 0 Å². The zero-order valence-corrected chi connectivity index (χ0v) is 14.8. The van der Waals surface area contributed by atoms with Crippen molar-refractivity contribution in [2.24, 2.45) is 33.0 Å². The largest absolute Gasteiger partial charge is 0.392 e. The van der Waals surface area contributed by atoms with Crippen LogP contribution in [-0.2, 0) is 0 Å². The van der Waals surface area contributed by atoms with Crippen LogP contribution in [0, 0.1) is 33.0 Å². The van der Waals surface area contributed by atoms with E-state index in [0.29, 0.717) is 16.2 Å². The number of rotatable bonds is 0. The van der Waals surface area contributed by atoms with Gasteiger partial charge in [-0.1, -0.05) is 41.0 Å². The Kier molecular flexibility index (Phi) is 2.57. The van der Waals surface area contributed by atoms with Gasteiger partial charge in [0.1, 0.15) is 0 Å². The molecule has 21 heavy (non-hydrogen) atoms. The highest BCUT2D eigenvalue weighted by Gasteiger charge is 2.77. The van der Waals surface area contributed by atoms with E-state index >= 15 is 0 Å². The summed E-state index contributed by atoms with van der Waals surface area (Å²) < 4.78 is 0. The number of hydrogen-bond donors (Lipinski definition) is 1. The molecule has 0 heterocycles. The Balaban J connectivity index is 1.87. The molecule has 120 valence electrons. The molecule has 0 aromatic rings. The van der Waals surface area contributed by atoms with Crippen LogP contribution in [0.2, 0.25) is 0 Å². The summed E-state index contributed by atoms with van der Waals surface area (Å²) in [6.45, 7) is 12.5. The third kappa shape index (κ3) is 1.35. The summed E-state index contributed by atoms with van der Waals surface area (Å²) in [5.74, 6) is 0.861. The van der Waals surface area contributed by atoms with Gasteiger partial charge in [-0.05, 0) is 72.5 Å². The van der Waals surface area contributed by atoms with Crippen LogP contribution in [0.15, 0.2) is 0 Å². The molecular weight excluding hydrogens is 256 g/mol. The second-order valence-corrected chi connectivity index (χ2v) is 10.6. The van der Waals surface area contributed by atoms with E-state index in [-0.39, 0.29) is 16.9 Å². The molecule has 0 aromatic heterocycles. The quantitative estimate of drug-likeness (QED) is 0.652. The van der Waals surface area contributed by atoms with Crippen molar-refractivity contribution in [3.05, 3.63) is 0 Å². The van der Waals surface area contributed by atoms with Gasteiger partial charge >= 0.3 is 0 Å². The second kappa shape index (κ2) is 3.71. The molecule has 4 fully saturated rings. The average molecular weight is 290 g/mol. The van der Waals surface area contributed by atoms with Crippen LogP contribution in [0.1, 0.15) is 86.0 Å². The Morgan fingerprint density at radius 3 is 2.24 bits per heavy atom. The summed E-state index contributed by atoms with van der Waals surface area (Å²) in [4.78, 5) is 0. The van der Waals surface area contributed by atoms with Crippen LogP contribution >= 0.6 is 0 Å². The number of aliphatic hydroxyl groups is 1. The molecule has 1 heteroatoms. The summed E-state index contributed by atoms with van der Waals surface area (Å²) in [5.41, 5.74) is 1.74. The van der Waals surface area contributed by atoms with E-state index in [1.807, 2.05) is 0 Å². The first-order valence-electron chi connectivity index (χ1n) is 9.30. The molecule has 1 unspecified atom stereocenters. The lowest BCUT2D eigenvalue weighted by atomic mass is 9.37. The Labute approximate surface area is 130 Å². The van der Waals surface area contributed by atoms with Crippen molar-refractivity contribution >= 4 is 0 Å². The smallest absolute Gasteiger partial charge is 0.0653 e. The summed E-state index contributed by atoms with van der Waals surface area (Å²) in [6, 6.07) is 0. The van der Waals surface area contributed by atoms with Crippen LogP contribution in [0.25, 0.3) is 0 Å². The fourth-order valence-corrected chi connectivity index (χ4v) is 8.48. The molecule has 2 bridgehead atoms. The fourth-order valence-electron chi connectivity index (χ4n) is 8.48. The van der Waals surface area contributed by atoms with Crippen LogP contribution < -0.4 is 0 Å². The maximum absolute atomic E-state index is 11.2. The standard InChI is InChI=1S/C20H34O/c1-16(2)8-6-9-18(4)14(16)7-10-19(5)15(21)17(3)11-12-20(18,19)13-17/h14-15,21H,6-13H2,1-5H3/t14?,15-,17-,18-,19-,20-/m0/s1. The third-order valence-electron chi connectivity index (χ3n) is 9.46. The van der Waals surface area contributed by atoms with Crippen LogP contribution in [0.5, 0.6) is 0 Å². The monoisotopic (exact) mass is 290 g/mol. The van der Waals surface area contributed by atoms with Gasteiger partial charge in [-0.2, -0.15) is 0 Å². The Morgan fingerprint density at radius 1 is 0.810 bits per heavy atom. The molecule has 0 aromatic carbocycles. The van der Waals surface area contributed by atoms with E-state index in [2.05, 4.69) is 34.6 Å². The van der Waals surface area contributed by atoms with Gasteiger partial charge in [0.2, 0.25) is 0 Å². The summed E-state index contributed by atoms with van der Waals surface area (Å²) in [6.07, 6.45) is 10.7. The first-order chi connectivity index (χ1) is 9.62. The number of aliphatic hydroxyl groups excluding tert-OH is 1. The Morgan fingerprint density at radius 2 is 1.52 bits per heavy atom. The van der Waals surface area contributed by atoms with Gasteiger partial charge < -0.3 is 5.11 Å². The van der Waals surface area contributed by atoms with Gasteiger partial charge in [0.05, 0.1) is 6.10 Å². The second-order valence-electron chi connectivity index (χ2n) is 10.6. The van der Waals surface area contributed by atoms with Crippen molar-refractivity contribution in [3.63, 3.8) is 0 Å². The van der Waals surface area contributed by atoms with Gasteiger partial charge in [-0.25, -0.2) is 0 Å². The minimum Gasteiger partial charge on any atom is -0.392 e. The van der Waals surface area contributed by atoms with Gasteiger partial charge in [-0.15, -0.1) is 0 Å². The maximum Gasteiger partial charge on any atom is 0.0653 e. The SMILES string of the molecule is CC1(C)CCC[C@@]2(C)C1CC[C@@]1(C)[C@@H](O)[C@@]3(C)CC[C@]21C3. The lowest BCUT2D eigenvalue weighted by molar-refractivity contribution is -0.211. The zero-order valence-electron chi connectivity index (χ0n) is 14.8. The van der Waals surface area contributed by atoms with E-state index in [4.69, 9.17) is 0 Å². The maximum atomic E-state index is 11.2. The molecule has 1 N–H and O–H groups in total. The van der Waals surface area contributed by atoms with E-state index in [0.717, 1.165) is 5.92 Å². The fraction of sp³-hybridized carbons (Fsp3) is 1.00. The van der Waals surface area contributed by atoms with Crippen molar-refractivity contribution in [3.8, 4) is 0 Å². The molecule has 6 atom stereocenters. The predicted octanol–water partition coefficient (Wildman–Crippen LogP) is 5.17. The Bertz CT molecular complexity index is 482. The molecular formula is C20H34O. The van der Waals surface area contributed by atoms with Crippen LogP contribution in [0.4, 0.5) is 0 Å². The lowest BCUT2D eigenvalue weighted by Crippen LogP contribution is -2.62. The van der Waals surface area contributed by atoms with Crippen molar-refractivity contribution in [2.75, 3.05) is 0 Å². The highest BCUT2D eigenvalue weighted by atomic mass is 16.3. The molecule has 0 radical (unpaired) electrons.